The van der Waals surface area contributed by atoms with E-state index in [1.165, 1.54) is 0 Å². The van der Waals surface area contributed by atoms with Crippen molar-refractivity contribution in [1.82, 2.24) is 5.32 Å². The Morgan fingerprint density at radius 2 is 1.86 bits per heavy atom. The number of unbranched alkanes of at least 4 members (excludes halogenated alkanes) is 1. The maximum atomic E-state index is 12.0. The summed E-state index contributed by atoms with van der Waals surface area (Å²) in [4.78, 5) is 23.4. The quantitative estimate of drug-likeness (QED) is 0.722. The Labute approximate surface area is 131 Å². The van der Waals surface area contributed by atoms with E-state index in [1.807, 2.05) is 32.9 Å². The fourth-order valence-corrected chi connectivity index (χ4v) is 2.36. The molecule has 0 saturated carbocycles. The van der Waals surface area contributed by atoms with Crippen LogP contribution in [0.2, 0.25) is 0 Å². The van der Waals surface area contributed by atoms with Gasteiger partial charge in [0, 0.05) is 5.69 Å². The lowest BCUT2D eigenvalue weighted by Crippen LogP contribution is -2.46. The molecule has 0 spiro atoms. The Morgan fingerprint density at radius 3 is 2.32 bits per heavy atom. The van der Waals surface area contributed by atoms with E-state index in [4.69, 9.17) is 10.5 Å². The summed E-state index contributed by atoms with van der Waals surface area (Å²) in [5, 5.41) is 5.33. The largest absolute Gasteiger partial charge is 0.496 e. The number of methoxy groups -OCH3 is 1. The van der Waals surface area contributed by atoms with Crippen molar-refractivity contribution in [2.24, 2.45) is 5.73 Å². The molecule has 4 N–H and O–H groups in total. The van der Waals surface area contributed by atoms with Crippen molar-refractivity contribution in [2.45, 2.75) is 46.1 Å². The van der Waals surface area contributed by atoms with Gasteiger partial charge in [-0.05, 0) is 43.5 Å². The second-order valence-corrected chi connectivity index (χ2v) is 5.34. The summed E-state index contributed by atoms with van der Waals surface area (Å²) in [5.41, 5.74) is 7.80. The van der Waals surface area contributed by atoms with E-state index in [0.717, 1.165) is 29.7 Å². The number of hydrogen-bond acceptors (Lipinski definition) is 3. The standard InChI is InChI=1S/C16H25N3O3/c1-5-6-7-13(15(17)20)19-16(21)18-12-8-10(2)14(22-4)11(3)9-12/h8-9,13H,5-7H2,1-4H3,(H2,17,20)(H2,18,19,21)/t13-/m0/s1. The lowest BCUT2D eigenvalue weighted by Gasteiger charge is -2.17. The highest BCUT2D eigenvalue weighted by molar-refractivity contribution is 5.93. The van der Waals surface area contributed by atoms with Crippen molar-refractivity contribution in [3.05, 3.63) is 23.3 Å². The second kappa shape index (κ2) is 8.26. The first kappa shape index (κ1) is 17.8. The average molecular weight is 307 g/mol. The molecule has 0 aliphatic rings. The molecule has 0 radical (unpaired) electrons. The zero-order valence-corrected chi connectivity index (χ0v) is 13.7. The molecule has 122 valence electrons. The average Bonchev–Trinajstić information content (AvgIpc) is 2.42. The van der Waals surface area contributed by atoms with Gasteiger partial charge >= 0.3 is 6.03 Å². The van der Waals surface area contributed by atoms with Crippen molar-refractivity contribution in [3.8, 4) is 5.75 Å². The van der Waals surface area contributed by atoms with Crippen LogP contribution in [0.25, 0.3) is 0 Å². The first-order valence-corrected chi connectivity index (χ1v) is 7.41. The van der Waals surface area contributed by atoms with Gasteiger partial charge < -0.3 is 21.1 Å². The van der Waals surface area contributed by atoms with Gasteiger partial charge in [0.05, 0.1) is 7.11 Å². The number of hydrogen-bond donors (Lipinski definition) is 3. The van der Waals surface area contributed by atoms with Gasteiger partial charge in [0.2, 0.25) is 5.91 Å². The number of urea groups is 1. The van der Waals surface area contributed by atoms with Gasteiger partial charge in [0.15, 0.2) is 0 Å². The van der Waals surface area contributed by atoms with Crippen LogP contribution in [0.1, 0.15) is 37.3 Å². The van der Waals surface area contributed by atoms with E-state index in [1.54, 1.807) is 7.11 Å². The lowest BCUT2D eigenvalue weighted by atomic mass is 10.1. The van der Waals surface area contributed by atoms with Crippen LogP contribution in [-0.4, -0.2) is 25.1 Å². The Hall–Kier alpha value is -2.24. The number of nitrogens with one attached hydrogen (secondary N) is 2. The maximum absolute atomic E-state index is 12.0. The number of carbonyl (C=O) groups is 2. The summed E-state index contributed by atoms with van der Waals surface area (Å²) in [6.45, 7) is 5.83. The predicted molar refractivity (Wildman–Crippen MR) is 87.1 cm³/mol. The fourth-order valence-electron chi connectivity index (χ4n) is 2.36. The molecular formula is C16H25N3O3. The summed E-state index contributed by atoms with van der Waals surface area (Å²) in [6.07, 6.45) is 2.30. The molecule has 0 bridgehead atoms. The Kier molecular flexibility index (Phi) is 6.69. The minimum atomic E-state index is -0.652. The Morgan fingerprint density at radius 1 is 1.27 bits per heavy atom. The number of anilines is 1. The smallest absolute Gasteiger partial charge is 0.319 e. The summed E-state index contributed by atoms with van der Waals surface area (Å²) in [7, 11) is 1.61. The van der Waals surface area contributed by atoms with Crippen LogP contribution in [0.3, 0.4) is 0 Å². The predicted octanol–water partition coefficient (Wildman–Crippen LogP) is 2.48. The van der Waals surface area contributed by atoms with Crippen molar-refractivity contribution in [1.29, 1.82) is 0 Å². The molecule has 0 heterocycles. The zero-order valence-electron chi connectivity index (χ0n) is 13.7. The summed E-state index contributed by atoms with van der Waals surface area (Å²) in [5.74, 6) is 0.273. The van der Waals surface area contributed by atoms with E-state index >= 15 is 0 Å². The van der Waals surface area contributed by atoms with E-state index in [-0.39, 0.29) is 0 Å². The number of nitrogens with two attached hydrogens (primary N) is 1. The van der Waals surface area contributed by atoms with Gasteiger partial charge in [0.1, 0.15) is 11.8 Å². The molecule has 0 aromatic heterocycles. The fraction of sp³-hybridized carbons (Fsp3) is 0.500. The number of ether oxygens (including phenoxy) is 1. The van der Waals surface area contributed by atoms with Gasteiger partial charge in [-0.3, -0.25) is 4.79 Å². The molecule has 0 unspecified atom stereocenters. The molecule has 3 amide bonds. The van der Waals surface area contributed by atoms with Crippen molar-refractivity contribution in [3.63, 3.8) is 0 Å². The monoisotopic (exact) mass is 307 g/mol. The highest BCUT2D eigenvalue weighted by atomic mass is 16.5. The van der Waals surface area contributed by atoms with Gasteiger partial charge in [-0.25, -0.2) is 4.79 Å². The zero-order chi connectivity index (χ0) is 16.7. The van der Waals surface area contributed by atoms with Crippen molar-refractivity contribution < 1.29 is 14.3 Å². The minimum absolute atomic E-state index is 0.441. The van der Waals surface area contributed by atoms with Gasteiger partial charge in [0.25, 0.3) is 0 Å². The molecule has 0 fully saturated rings. The van der Waals surface area contributed by atoms with Crippen molar-refractivity contribution in [2.75, 3.05) is 12.4 Å². The molecule has 1 rings (SSSR count). The molecular weight excluding hydrogens is 282 g/mol. The normalized spacial score (nSPS) is 11.6. The van der Waals surface area contributed by atoms with Crippen LogP contribution in [-0.2, 0) is 4.79 Å². The van der Waals surface area contributed by atoms with E-state index < -0.39 is 18.0 Å². The minimum Gasteiger partial charge on any atom is -0.496 e. The lowest BCUT2D eigenvalue weighted by molar-refractivity contribution is -0.119. The molecule has 0 aliphatic heterocycles. The number of rotatable bonds is 7. The summed E-state index contributed by atoms with van der Waals surface area (Å²) < 4.78 is 5.29. The summed E-state index contributed by atoms with van der Waals surface area (Å²) in [6, 6.07) is 2.54. The summed E-state index contributed by atoms with van der Waals surface area (Å²) >= 11 is 0. The van der Waals surface area contributed by atoms with Crippen LogP contribution in [0.15, 0.2) is 12.1 Å². The molecule has 6 heteroatoms. The SMILES string of the molecule is CCCC[C@H](NC(=O)Nc1cc(C)c(OC)c(C)c1)C(N)=O. The van der Waals surface area contributed by atoms with Crippen LogP contribution in [0.4, 0.5) is 10.5 Å². The third-order valence-corrected chi connectivity index (χ3v) is 3.42. The van der Waals surface area contributed by atoms with Gasteiger partial charge in [-0.2, -0.15) is 0 Å². The topological polar surface area (TPSA) is 93.4 Å². The highest BCUT2D eigenvalue weighted by Crippen LogP contribution is 2.26. The van der Waals surface area contributed by atoms with Crippen molar-refractivity contribution >= 4 is 17.6 Å². The maximum Gasteiger partial charge on any atom is 0.319 e. The van der Waals surface area contributed by atoms with Gasteiger partial charge in [-0.1, -0.05) is 19.8 Å². The molecule has 0 aliphatic carbocycles. The highest BCUT2D eigenvalue weighted by Gasteiger charge is 2.17. The number of benzene rings is 1. The van der Waals surface area contributed by atoms with E-state index in [0.29, 0.717) is 12.1 Å². The second-order valence-electron chi connectivity index (χ2n) is 5.34. The molecule has 1 aromatic carbocycles. The number of carbonyl (C=O) groups excluding carboxylic acids is 2. The first-order chi connectivity index (χ1) is 10.4. The Balaban J connectivity index is 2.73. The molecule has 22 heavy (non-hydrogen) atoms. The number of primary amides is 1. The Bertz CT molecular complexity index is 520. The van der Waals surface area contributed by atoms with E-state index in [9.17, 15) is 9.59 Å². The first-order valence-electron chi connectivity index (χ1n) is 7.41. The molecule has 1 atom stereocenters. The molecule has 6 nitrogen and oxygen atoms in total. The van der Waals surface area contributed by atoms with Crippen LogP contribution < -0.4 is 21.1 Å². The van der Waals surface area contributed by atoms with E-state index in [2.05, 4.69) is 10.6 Å². The molecule has 1 aromatic rings. The van der Waals surface area contributed by atoms with Crippen LogP contribution in [0, 0.1) is 13.8 Å². The number of aryl methyl sites for hydroxylation is 2. The van der Waals surface area contributed by atoms with Gasteiger partial charge in [-0.15, -0.1) is 0 Å². The third kappa shape index (κ3) is 4.95. The van der Waals surface area contributed by atoms with Crippen LogP contribution in [0.5, 0.6) is 5.75 Å². The number of amides is 3. The van der Waals surface area contributed by atoms with Crippen LogP contribution >= 0.6 is 0 Å². The molecule has 0 saturated heterocycles. The third-order valence-electron chi connectivity index (χ3n) is 3.42.